The smallest absolute Gasteiger partial charge is 0.245 e. The van der Waals surface area contributed by atoms with E-state index in [2.05, 4.69) is 15.9 Å². The van der Waals surface area contributed by atoms with Crippen LogP contribution in [0.25, 0.3) is 0 Å². The van der Waals surface area contributed by atoms with Crippen LogP contribution in [0.5, 0.6) is 0 Å². The van der Waals surface area contributed by atoms with E-state index in [0.29, 0.717) is 24.0 Å². The number of hydrogen-bond donors (Lipinski definition) is 2. The average Bonchev–Trinajstić information content (AvgIpc) is 2.82. The molecule has 1 heterocycles. The molecule has 1 aliphatic heterocycles. The van der Waals surface area contributed by atoms with Gasteiger partial charge in [0.05, 0.1) is 5.69 Å². The Labute approximate surface area is 121 Å². The van der Waals surface area contributed by atoms with E-state index in [1.807, 2.05) is 0 Å². The minimum Gasteiger partial charge on any atom is -0.398 e. The lowest BCUT2D eigenvalue weighted by molar-refractivity contribution is 0.259. The number of benzene rings is 1. The second kappa shape index (κ2) is 5.78. The van der Waals surface area contributed by atoms with Gasteiger partial charge in [-0.2, -0.15) is 4.31 Å². The SMILES string of the molecule is Nc1ccc(Br)cc1S(=O)(=O)N1CCC(CCO)C1. The van der Waals surface area contributed by atoms with Crippen LogP contribution in [0, 0.1) is 5.92 Å². The fraction of sp³-hybridized carbons (Fsp3) is 0.500. The first-order chi connectivity index (χ1) is 8.95. The lowest BCUT2D eigenvalue weighted by atomic mass is 10.1. The number of aliphatic hydroxyl groups excluding tert-OH is 1. The summed E-state index contributed by atoms with van der Waals surface area (Å²) in [5, 5.41) is 8.92. The number of anilines is 1. The zero-order valence-electron chi connectivity index (χ0n) is 10.4. The van der Waals surface area contributed by atoms with Crippen molar-refractivity contribution in [2.45, 2.75) is 17.7 Å². The van der Waals surface area contributed by atoms with Gasteiger partial charge in [-0.05, 0) is 37.0 Å². The third-order valence-corrected chi connectivity index (χ3v) is 5.79. The van der Waals surface area contributed by atoms with Gasteiger partial charge in [-0.1, -0.05) is 15.9 Å². The number of aliphatic hydroxyl groups is 1. The molecule has 0 radical (unpaired) electrons. The Morgan fingerprint density at radius 1 is 1.47 bits per heavy atom. The monoisotopic (exact) mass is 348 g/mol. The summed E-state index contributed by atoms with van der Waals surface area (Å²) >= 11 is 3.26. The number of rotatable bonds is 4. The number of nitrogen functional groups attached to an aromatic ring is 1. The van der Waals surface area contributed by atoms with Crippen LogP contribution in [0.1, 0.15) is 12.8 Å². The molecule has 0 aliphatic carbocycles. The van der Waals surface area contributed by atoms with Crippen molar-refractivity contribution in [1.82, 2.24) is 4.31 Å². The van der Waals surface area contributed by atoms with Gasteiger partial charge >= 0.3 is 0 Å². The van der Waals surface area contributed by atoms with Crippen LogP contribution < -0.4 is 5.73 Å². The van der Waals surface area contributed by atoms with Gasteiger partial charge in [0.15, 0.2) is 0 Å². The Kier molecular flexibility index (Phi) is 4.50. The highest BCUT2D eigenvalue weighted by molar-refractivity contribution is 9.10. The summed E-state index contributed by atoms with van der Waals surface area (Å²) < 4.78 is 27.2. The molecule has 1 saturated heterocycles. The van der Waals surface area contributed by atoms with E-state index in [9.17, 15) is 8.42 Å². The molecule has 1 fully saturated rings. The third kappa shape index (κ3) is 3.10. The lowest BCUT2D eigenvalue weighted by Gasteiger charge is -2.18. The van der Waals surface area contributed by atoms with E-state index in [0.717, 1.165) is 6.42 Å². The van der Waals surface area contributed by atoms with E-state index < -0.39 is 10.0 Å². The molecule has 5 nitrogen and oxygen atoms in total. The molecule has 1 atom stereocenters. The second-order valence-electron chi connectivity index (χ2n) is 4.71. The van der Waals surface area contributed by atoms with Gasteiger partial charge in [-0.3, -0.25) is 0 Å². The van der Waals surface area contributed by atoms with Gasteiger partial charge in [0.1, 0.15) is 4.90 Å². The van der Waals surface area contributed by atoms with Crippen LogP contribution in [-0.2, 0) is 10.0 Å². The van der Waals surface area contributed by atoms with Gasteiger partial charge in [0.2, 0.25) is 10.0 Å². The van der Waals surface area contributed by atoms with E-state index in [-0.39, 0.29) is 23.1 Å². The maximum Gasteiger partial charge on any atom is 0.245 e. The predicted octanol–water partition coefficient (Wildman–Crippen LogP) is 1.42. The van der Waals surface area contributed by atoms with Crippen molar-refractivity contribution in [3.8, 4) is 0 Å². The molecular formula is C12H17BrN2O3S. The van der Waals surface area contributed by atoms with Gasteiger partial charge in [-0.15, -0.1) is 0 Å². The molecule has 0 saturated carbocycles. The molecule has 1 aromatic carbocycles. The third-order valence-electron chi connectivity index (χ3n) is 3.38. The number of sulfonamides is 1. The second-order valence-corrected chi connectivity index (χ2v) is 7.53. The number of nitrogens with two attached hydrogens (primary N) is 1. The average molecular weight is 349 g/mol. The van der Waals surface area contributed by atoms with Gasteiger partial charge in [0, 0.05) is 24.2 Å². The van der Waals surface area contributed by atoms with Gasteiger partial charge < -0.3 is 10.8 Å². The molecule has 106 valence electrons. The molecular weight excluding hydrogens is 332 g/mol. The van der Waals surface area contributed by atoms with Crippen molar-refractivity contribution in [2.75, 3.05) is 25.4 Å². The Hall–Kier alpha value is -0.630. The van der Waals surface area contributed by atoms with Crippen LogP contribution >= 0.6 is 15.9 Å². The number of halogens is 1. The van der Waals surface area contributed by atoms with E-state index in [1.165, 1.54) is 10.4 Å². The molecule has 7 heteroatoms. The highest BCUT2D eigenvalue weighted by Gasteiger charge is 2.33. The summed E-state index contributed by atoms with van der Waals surface area (Å²) in [6.45, 7) is 1.03. The predicted molar refractivity (Wildman–Crippen MR) is 77.1 cm³/mol. The van der Waals surface area contributed by atoms with Crippen molar-refractivity contribution in [1.29, 1.82) is 0 Å². The Bertz CT molecular complexity index is 562. The molecule has 0 bridgehead atoms. The van der Waals surface area contributed by atoms with E-state index in [1.54, 1.807) is 12.1 Å². The largest absolute Gasteiger partial charge is 0.398 e. The topological polar surface area (TPSA) is 83.6 Å². The number of hydrogen-bond acceptors (Lipinski definition) is 4. The van der Waals surface area contributed by atoms with Crippen LogP contribution in [0.3, 0.4) is 0 Å². The lowest BCUT2D eigenvalue weighted by Crippen LogP contribution is -2.29. The summed E-state index contributed by atoms with van der Waals surface area (Å²) in [5.74, 6) is 0.230. The fourth-order valence-corrected chi connectivity index (χ4v) is 4.49. The highest BCUT2D eigenvalue weighted by atomic mass is 79.9. The summed E-state index contributed by atoms with van der Waals surface area (Å²) in [4.78, 5) is 0.145. The van der Waals surface area contributed by atoms with Crippen molar-refractivity contribution in [2.24, 2.45) is 5.92 Å². The highest BCUT2D eigenvalue weighted by Crippen LogP contribution is 2.30. The van der Waals surface area contributed by atoms with Gasteiger partial charge in [0.25, 0.3) is 0 Å². The minimum atomic E-state index is -3.55. The first kappa shape index (κ1) is 14.8. The van der Waals surface area contributed by atoms with Crippen molar-refractivity contribution >= 4 is 31.6 Å². The molecule has 19 heavy (non-hydrogen) atoms. The van der Waals surface area contributed by atoms with Crippen molar-refractivity contribution in [3.63, 3.8) is 0 Å². The summed E-state index contributed by atoms with van der Waals surface area (Å²) in [6.07, 6.45) is 1.42. The first-order valence-corrected chi connectivity index (χ1v) is 8.34. The Balaban J connectivity index is 2.26. The molecule has 0 spiro atoms. The van der Waals surface area contributed by atoms with Crippen molar-refractivity contribution in [3.05, 3.63) is 22.7 Å². The van der Waals surface area contributed by atoms with Crippen LogP contribution in [0.15, 0.2) is 27.6 Å². The molecule has 2 rings (SSSR count). The summed E-state index contributed by atoms with van der Waals surface area (Å²) in [5.41, 5.74) is 6.03. The standard InChI is InChI=1S/C12H17BrN2O3S/c13-10-1-2-11(14)12(7-10)19(17,18)15-5-3-9(8-15)4-6-16/h1-2,7,9,16H,3-6,8,14H2. The quantitative estimate of drug-likeness (QED) is 0.806. The maximum atomic E-state index is 12.5. The first-order valence-electron chi connectivity index (χ1n) is 6.11. The summed E-state index contributed by atoms with van der Waals surface area (Å²) in [6, 6.07) is 4.83. The Morgan fingerprint density at radius 3 is 2.89 bits per heavy atom. The van der Waals surface area contributed by atoms with Gasteiger partial charge in [-0.25, -0.2) is 8.42 Å². The molecule has 1 aliphatic rings. The van der Waals surface area contributed by atoms with Crippen molar-refractivity contribution < 1.29 is 13.5 Å². The fourth-order valence-electron chi connectivity index (χ4n) is 2.30. The van der Waals surface area contributed by atoms with Crippen LogP contribution in [-0.4, -0.2) is 37.5 Å². The van der Waals surface area contributed by atoms with E-state index in [4.69, 9.17) is 10.8 Å². The normalized spacial score (nSPS) is 20.8. The molecule has 1 unspecified atom stereocenters. The Morgan fingerprint density at radius 2 is 2.21 bits per heavy atom. The summed E-state index contributed by atoms with van der Waals surface area (Å²) in [7, 11) is -3.55. The molecule has 0 aromatic heterocycles. The number of nitrogens with zero attached hydrogens (tertiary/aromatic N) is 1. The zero-order chi connectivity index (χ0) is 14.0. The van der Waals surface area contributed by atoms with E-state index >= 15 is 0 Å². The zero-order valence-corrected chi connectivity index (χ0v) is 12.8. The molecule has 3 N–H and O–H groups in total. The maximum absolute atomic E-state index is 12.5. The minimum absolute atomic E-state index is 0.0948. The van der Waals surface area contributed by atoms with Crippen LogP contribution in [0.2, 0.25) is 0 Å². The molecule has 1 aromatic rings. The molecule has 0 amide bonds. The van der Waals surface area contributed by atoms with Crippen LogP contribution in [0.4, 0.5) is 5.69 Å².